The summed E-state index contributed by atoms with van der Waals surface area (Å²) in [6, 6.07) is 5.51. The first-order valence-corrected chi connectivity index (χ1v) is 7.41. The van der Waals surface area contributed by atoms with E-state index in [2.05, 4.69) is 19.2 Å². The maximum Gasteiger partial charge on any atom is 0.288 e. The van der Waals surface area contributed by atoms with Gasteiger partial charge < -0.3 is 5.32 Å². The molecule has 1 aromatic rings. The monoisotopic (exact) mass is 296 g/mol. The molecule has 1 N–H and O–H groups in total. The van der Waals surface area contributed by atoms with Crippen LogP contribution in [-0.2, 0) is 6.54 Å². The number of hydrogen-bond donors (Lipinski definition) is 1. The van der Waals surface area contributed by atoms with E-state index in [1.165, 1.54) is 25.7 Å². The van der Waals surface area contributed by atoms with Crippen LogP contribution in [0.25, 0.3) is 0 Å². The zero-order valence-corrected chi connectivity index (χ0v) is 12.7. The molecule has 0 atom stereocenters. The molecule has 1 aromatic carbocycles. The highest BCUT2D eigenvalue weighted by Crippen LogP contribution is 2.35. The van der Waals surface area contributed by atoms with E-state index in [-0.39, 0.29) is 10.7 Å². The fourth-order valence-corrected chi connectivity index (χ4v) is 2.86. The minimum absolute atomic E-state index is 0.0178. The number of benzene rings is 1. The summed E-state index contributed by atoms with van der Waals surface area (Å²) in [6.45, 7) is 5.28. The molecule has 5 heteroatoms. The average molecular weight is 297 g/mol. The number of nitro groups is 1. The summed E-state index contributed by atoms with van der Waals surface area (Å²) in [5, 5.41) is 14.5. The van der Waals surface area contributed by atoms with Crippen LogP contribution in [0.4, 0.5) is 5.69 Å². The molecule has 0 aromatic heterocycles. The summed E-state index contributed by atoms with van der Waals surface area (Å²) in [7, 11) is 0. The molecule has 4 nitrogen and oxygen atoms in total. The molecule has 110 valence electrons. The molecule has 0 aliphatic heterocycles. The third-order valence-corrected chi connectivity index (χ3v) is 4.46. The lowest BCUT2D eigenvalue weighted by Gasteiger charge is -2.34. The molecule has 1 aliphatic rings. The van der Waals surface area contributed by atoms with Gasteiger partial charge in [-0.1, -0.05) is 31.5 Å². The SMILES string of the molecule is CC1(C)CCC(NCc2ccc(Cl)c([N+](=O)[O-])c2)CC1. The Morgan fingerprint density at radius 2 is 2.05 bits per heavy atom. The van der Waals surface area contributed by atoms with Gasteiger partial charge in [-0.05, 0) is 42.7 Å². The summed E-state index contributed by atoms with van der Waals surface area (Å²) in [6.07, 6.45) is 4.79. The van der Waals surface area contributed by atoms with Crippen molar-refractivity contribution in [3.63, 3.8) is 0 Å². The number of rotatable bonds is 4. The molecule has 1 fully saturated rings. The van der Waals surface area contributed by atoms with Crippen molar-refractivity contribution in [2.45, 2.75) is 52.1 Å². The normalized spacial score (nSPS) is 18.9. The largest absolute Gasteiger partial charge is 0.310 e. The Bertz CT molecular complexity index is 493. The molecule has 0 bridgehead atoms. The molecule has 1 aliphatic carbocycles. The standard InChI is InChI=1S/C15H21ClN2O2/c1-15(2)7-5-12(6-8-15)17-10-11-3-4-13(16)14(9-11)18(19)20/h3-4,9,12,17H,5-8,10H2,1-2H3. The number of halogens is 1. The van der Waals surface area contributed by atoms with Crippen LogP contribution < -0.4 is 5.32 Å². The van der Waals surface area contributed by atoms with Gasteiger partial charge in [0.05, 0.1) is 4.92 Å². The van der Waals surface area contributed by atoms with Gasteiger partial charge in [-0.2, -0.15) is 0 Å². The van der Waals surface area contributed by atoms with Crippen molar-refractivity contribution in [3.05, 3.63) is 38.9 Å². The van der Waals surface area contributed by atoms with Crippen molar-refractivity contribution in [1.82, 2.24) is 5.32 Å². The summed E-state index contributed by atoms with van der Waals surface area (Å²) in [5.41, 5.74) is 1.35. The van der Waals surface area contributed by atoms with E-state index in [9.17, 15) is 10.1 Å². The van der Waals surface area contributed by atoms with Crippen LogP contribution in [0, 0.1) is 15.5 Å². The number of nitrogens with one attached hydrogen (secondary N) is 1. The Morgan fingerprint density at radius 1 is 1.40 bits per heavy atom. The smallest absolute Gasteiger partial charge is 0.288 e. The predicted molar refractivity (Wildman–Crippen MR) is 81.0 cm³/mol. The third kappa shape index (κ3) is 3.93. The molecule has 1 saturated carbocycles. The van der Waals surface area contributed by atoms with E-state index in [1.807, 2.05) is 6.07 Å². The van der Waals surface area contributed by atoms with Crippen molar-refractivity contribution >= 4 is 17.3 Å². The molecule has 0 saturated heterocycles. The molecule has 0 radical (unpaired) electrons. The van der Waals surface area contributed by atoms with Crippen LogP contribution in [0.5, 0.6) is 0 Å². The first-order valence-electron chi connectivity index (χ1n) is 7.04. The van der Waals surface area contributed by atoms with Crippen LogP contribution in [-0.4, -0.2) is 11.0 Å². The van der Waals surface area contributed by atoms with Gasteiger partial charge in [-0.25, -0.2) is 0 Å². The molecular formula is C15H21ClN2O2. The first-order chi connectivity index (χ1) is 9.37. The fraction of sp³-hybridized carbons (Fsp3) is 0.600. The quantitative estimate of drug-likeness (QED) is 0.665. The lowest BCUT2D eigenvalue weighted by atomic mass is 9.75. The Balaban J connectivity index is 1.92. The van der Waals surface area contributed by atoms with Crippen LogP contribution in [0.3, 0.4) is 0 Å². The van der Waals surface area contributed by atoms with E-state index < -0.39 is 4.92 Å². The predicted octanol–water partition coefficient (Wildman–Crippen LogP) is 4.31. The highest BCUT2D eigenvalue weighted by Gasteiger charge is 2.26. The summed E-state index contributed by atoms with van der Waals surface area (Å²) < 4.78 is 0. The van der Waals surface area contributed by atoms with Gasteiger partial charge in [0.2, 0.25) is 0 Å². The van der Waals surface area contributed by atoms with Crippen LogP contribution in [0.2, 0.25) is 5.02 Å². The minimum atomic E-state index is -0.436. The lowest BCUT2D eigenvalue weighted by Crippen LogP contribution is -2.35. The molecule has 20 heavy (non-hydrogen) atoms. The van der Waals surface area contributed by atoms with Gasteiger partial charge >= 0.3 is 0 Å². The summed E-state index contributed by atoms with van der Waals surface area (Å²) >= 11 is 5.81. The van der Waals surface area contributed by atoms with Crippen LogP contribution in [0.1, 0.15) is 45.1 Å². The first kappa shape index (κ1) is 15.3. The Hall–Kier alpha value is -1.13. The minimum Gasteiger partial charge on any atom is -0.310 e. The van der Waals surface area contributed by atoms with E-state index in [4.69, 9.17) is 11.6 Å². The second kappa shape index (κ2) is 6.10. The Labute approximate surface area is 124 Å². The van der Waals surface area contributed by atoms with Crippen molar-refractivity contribution in [1.29, 1.82) is 0 Å². The van der Waals surface area contributed by atoms with Crippen molar-refractivity contribution in [2.24, 2.45) is 5.41 Å². The number of hydrogen-bond acceptors (Lipinski definition) is 3. The van der Waals surface area contributed by atoms with E-state index >= 15 is 0 Å². The van der Waals surface area contributed by atoms with Gasteiger partial charge in [-0.3, -0.25) is 10.1 Å². The Kier molecular flexibility index (Phi) is 4.66. The highest BCUT2D eigenvalue weighted by molar-refractivity contribution is 6.32. The average Bonchev–Trinajstić information content (AvgIpc) is 2.38. The molecule has 0 spiro atoms. The molecule has 0 unspecified atom stereocenters. The molecule has 0 heterocycles. The van der Waals surface area contributed by atoms with Gasteiger partial charge in [0.15, 0.2) is 0 Å². The van der Waals surface area contributed by atoms with E-state index in [0.29, 0.717) is 18.0 Å². The van der Waals surface area contributed by atoms with Gasteiger partial charge in [-0.15, -0.1) is 0 Å². The zero-order valence-electron chi connectivity index (χ0n) is 12.0. The summed E-state index contributed by atoms with van der Waals surface area (Å²) in [4.78, 5) is 10.4. The second-order valence-corrected chi connectivity index (χ2v) is 6.77. The third-order valence-electron chi connectivity index (χ3n) is 4.14. The number of nitrogens with zero attached hydrogens (tertiary/aromatic N) is 1. The van der Waals surface area contributed by atoms with E-state index in [1.54, 1.807) is 12.1 Å². The fourth-order valence-electron chi connectivity index (χ4n) is 2.67. The number of nitro benzene ring substituents is 1. The molecule has 0 amide bonds. The zero-order chi connectivity index (χ0) is 14.8. The lowest BCUT2D eigenvalue weighted by molar-refractivity contribution is -0.384. The molecular weight excluding hydrogens is 276 g/mol. The topological polar surface area (TPSA) is 55.2 Å². The summed E-state index contributed by atoms with van der Waals surface area (Å²) in [5.74, 6) is 0. The second-order valence-electron chi connectivity index (χ2n) is 6.36. The van der Waals surface area contributed by atoms with Crippen molar-refractivity contribution in [2.75, 3.05) is 0 Å². The van der Waals surface area contributed by atoms with Crippen LogP contribution >= 0.6 is 11.6 Å². The van der Waals surface area contributed by atoms with Crippen LogP contribution in [0.15, 0.2) is 18.2 Å². The highest BCUT2D eigenvalue weighted by atomic mass is 35.5. The molecule has 2 rings (SSSR count). The van der Waals surface area contributed by atoms with Gasteiger partial charge in [0.25, 0.3) is 5.69 Å². The van der Waals surface area contributed by atoms with Gasteiger partial charge in [0.1, 0.15) is 5.02 Å². The van der Waals surface area contributed by atoms with Crippen molar-refractivity contribution < 1.29 is 4.92 Å². The van der Waals surface area contributed by atoms with Gasteiger partial charge in [0, 0.05) is 18.7 Å². The van der Waals surface area contributed by atoms with Crippen molar-refractivity contribution in [3.8, 4) is 0 Å². The maximum atomic E-state index is 10.9. The maximum absolute atomic E-state index is 10.9. The Morgan fingerprint density at radius 3 is 2.65 bits per heavy atom. The van der Waals surface area contributed by atoms with E-state index in [0.717, 1.165) is 5.56 Å².